The number of hydrogen-bond acceptors (Lipinski definition) is 6. The lowest BCUT2D eigenvalue weighted by atomic mass is 10.2. The largest absolute Gasteiger partial charge is 0.494 e. The molecule has 0 spiro atoms. The summed E-state index contributed by atoms with van der Waals surface area (Å²) >= 11 is 3.30. The summed E-state index contributed by atoms with van der Waals surface area (Å²) in [5, 5.41) is 12.9. The van der Waals surface area contributed by atoms with Gasteiger partial charge in [0, 0.05) is 28.8 Å². The van der Waals surface area contributed by atoms with Crippen molar-refractivity contribution in [1.82, 2.24) is 19.7 Å². The first-order valence-corrected chi connectivity index (χ1v) is 11.5. The van der Waals surface area contributed by atoms with Crippen molar-refractivity contribution in [2.45, 2.75) is 24.4 Å². The predicted molar refractivity (Wildman–Crippen MR) is 124 cm³/mol. The van der Waals surface area contributed by atoms with Crippen molar-refractivity contribution in [3.8, 4) is 27.7 Å². The molecule has 0 radical (unpaired) electrons. The van der Waals surface area contributed by atoms with E-state index in [1.54, 1.807) is 23.1 Å². The summed E-state index contributed by atoms with van der Waals surface area (Å²) in [6, 6.07) is 18.2. The van der Waals surface area contributed by atoms with Crippen molar-refractivity contribution >= 4 is 23.1 Å². The third kappa shape index (κ3) is 4.63. The second-order valence-electron chi connectivity index (χ2n) is 6.46. The summed E-state index contributed by atoms with van der Waals surface area (Å²) in [5.41, 5.74) is 3.19. The van der Waals surface area contributed by atoms with Crippen LogP contribution in [0.1, 0.15) is 12.6 Å². The minimum Gasteiger partial charge on any atom is -0.494 e. The van der Waals surface area contributed by atoms with Crippen LogP contribution < -0.4 is 4.74 Å². The predicted octanol–water partition coefficient (Wildman–Crippen LogP) is 5.95. The van der Waals surface area contributed by atoms with Crippen LogP contribution in [-0.4, -0.2) is 26.4 Å². The average Bonchev–Trinajstić information content (AvgIpc) is 3.41. The molecular formula is C23H22N4OS2. The quantitative estimate of drug-likeness (QED) is 0.241. The highest BCUT2D eigenvalue weighted by Gasteiger charge is 2.15. The van der Waals surface area contributed by atoms with Gasteiger partial charge in [-0.15, -0.1) is 28.1 Å². The number of allylic oxidation sites excluding steroid dienone is 1. The molecule has 7 heteroatoms. The second-order valence-corrected chi connectivity index (χ2v) is 8.26. The van der Waals surface area contributed by atoms with Crippen LogP contribution in [0.5, 0.6) is 5.75 Å². The number of thiazole rings is 1. The van der Waals surface area contributed by atoms with E-state index in [1.807, 2.05) is 55.5 Å². The highest BCUT2D eigenvalue weighted by atomic mass is 32.2. The molecule has 4 aromatic rings. The number of aromatic nitrogens is 4. The highest BCUT2D eigenvalue weighted by Crippen LogP contribution is 2.30. The molecule has 2 aromatic carbocycles. The van der Waals surface area contributed by atoms with E-state index < -0.39 is 0 Å². The van der Waals surface area contributed by atoms with Gasteiger partial charge < -0.3 is 4.74 Å². The van der Waals surface area contributed by atoms with Crippen LogP contribution in [0, 0.1) is 0 Å². The summed E-state index contributed by atoms with van der Waals surface area (Å²) in [7, 11) is 0. The number of benzene rings is 2. The Bertz CT molecular complexity index is 1100. The molecule has 0 aliphatic carbocycles. The van der Waals surface area contributed by atoms with Crippen molar-refractivity contribution in [3.63, 3.8) is 0 Å². The van der Waals surface area contributed by atoms with E-state index in [0.717, 1.165) is 44.3 Å². The van der Waals surface area contributed by atoms with Gasteiger partial charge in [-0.1, -0.05) is 48.2 Å². The van der Waals surface area contributed by atoms with Crippen LogP contribution >= 0.6 is 23.1 Å². The lowest BCUT2D eigenvalue weighted by Crippen LogP contribution is -2.01. The molecule has 0 fully saturated rings. The lowest BCUT2D eigenvalue weighted by Gasteiger charge is -2.08. The van der Waals surface area contributed by atoms with Crippen molar-refractivity contribution < 1.29 is 4.74 Å². The van der Waals surface area contributed by atoms with Crippen LogP contribution in [0.2, 0.25) is 0 Å². The Morgan fingerprint density at radius 3 is 2.60 bits per heavy atom. The molecule has 0 saturated carbocycles. The van der Waals surface area contributed by atoms with Gasteiger partial charge in [-0.05, 0) is 31.2 Å². The molecule has 2 aromatic heterocycles. The molecule has 0 aliphatic heterocycles. The molecule has 152 valence electrons. The van der Waals surface area contributed by atoms with Crippen molar-refractivity contribution in [1.29, 1.82) is 0 Å². The molecule has 0 aliphatic rings. The number of nitrogens with zero attached hydrogens (tertiary/aromatic N) is 4. The number of thioether (sulfide) groups is 1. The first-order chi connectivity index (χ1) is 14.8. The summed E-state index contributed by atoms with van der Waals surface area (Å²) < 4.78 is 7.61. The summed E-state index contributed by atoms with van der Waals surface area (Å²) in [5.74, 6) is 2.41. The standard InChI is InChI=1S/C23H22N4OS2/c1-3-14-27-21(17-10-12-20(13-11-17)28-4-2)25-26-23(27)30-16-19-15-29-22(24-19)18-8-6-5-7-9-18/h3,5-13,15H,1,4,14,16H2,2H3. The Kier molecular flexibility index (Phi) is 6.61. The molecule has 0 N–H and O–H groups in total. The molecule has 0 bridgehead atoms. The van der Waals surface area contributed by atoms with Gasteiger partial charge in [-0.3, -0.25) is 4.57 Å². The minimum absolute atomic E-state index is 0.643. The van der Waals surface area contributed by atoms with Gasteiger partial charge in [-0.25, -0.2) is 4.98 Å². The minimum atomic E-state index is 0.643. The monoisotopic (exact) mass is 434 g/mol. The zero-order chi connectivity index (χ0) is 20.8. The van der Waals surface area contributed by atoms with E-state index in [-0.39, 0.29) is 0 Å². The van der Waals surface area contributed by atoms with Crippen molar-refractivity contribution in [2.24, 2.45) is 0 Å². The van der Waals surface area contributed by atoms with Crippen molar-refractivity contribution in [2.75, 3.05) is 6.61 Å². The first kappa shape index (κ1) is 20.4. The lowest BCUT2D eigenvalue weighted by molar-refractivity contribution is 0.340. The Hall–Kier alpha value is -2.90. The molecule has 0 atom stereocenters. The third-order valence-electron chi connectivity index (χ3n) is 4.37. The van der Waals surface area contributed by atoms with Gasteiger partial charge in [0.15, 0.2) is 11.0 Å². The molecule has 30 heavy (non-hydrogen) atoms. The summed E-state index contributed by atoms with van der Waals surface area (Å²) in [6.07, 6.45) is 1.86. The van der Waals surface area contributed by atoms with Crippen LogP contribution in [0.15, 0.2) is 77.8 Å². The normalized spacial score (nSPS) is 10.8. The Labute approximate surface area is 184 Å². The molecular weight excluding hydrogens is 412 g/mol. The van der Waals surface area contributed by atoms with E-state index in [2.05, 4.69) is 38.9 Å². The maximum Gasteiger partial charge on any atom is 0.192 e. The van der Waals surface area contributed by atoms with Crippen LogP contribution in [0.3, 0.4) is 0 Å². The van der Waals surface area contributed by atoms with Crippen LogP contribution in [0.4, 0.5) is 0 Å². The van der Waals surface area contributed by atoms with E-state index in [1.165, 1.54) is 0 Å². The van der Waals surface area contributed by atoms with Gasteiger partial charge in [0.2, 0.25) is 0 Å². The highest BCUT2D eigenvalue weighted by molar-refractivity contribution is 7.98. The second kappa shape index (κ2) is 9.73. The zero-order valence-corrected chi connectivity index (χ0v) is 18.3. The van der Waals surface area contributed by atoms with E-state index in [9.17, 15) is 0 Å². The third-order valence-corrected chi connectivity index (χ3v) is 6.31. The number of rotatable bonds is 9. The molecule has 5 nitrogen and oxygen atoms in total. The molecule has 0 amide bonds. The fourth-order valence-corrected chi connectivity index (χ4v) is 4.77. The van der Waals surface area contributed by atoms with Gasteiger partial charge in [0.25, 0.3) is 0 Å². The average molecular weight is 435 g/mol. The van der Waals surface area contributed by atoms with E-state index >= 15 is 0 Å². The number of hydrogen-bond donors (Lipinski definition) is 0. The van der Waals surface area contributed by atoms with E-state index in [0.29, 0.717) is 13.2 Å². The topological polar surface area (TPSA) is 52.8 Å². The maximum absolute atomic E-state index is 5.53. The van der Waals surface area contributed by atoms with Crippen molar-refractivity contribution in [3.05, 3.63) is 78.3 Å². The zero-order valence-electron chi connectivity index (χ0n) is 16.7. The molecule has 2 heterocycles. The summed E-state index contributed by atoms with van der Waals surface area (Å²) in [4.78, 5) is 4.77. The molecule has 0 saturated heterocycles. The first-order valence-electron chi connectivity index (χ1n) is 9.68. The number of ether oxygens (including phenoxy) is 1. The van der Waals surface area contributed by atoms with E-state index in [4.69, 9.17) is 9.72 Å². The Morgan fingerprint density at radius 1 is 1.07 bits per heavy atom. The molecule has 0 unspecified atom stereocenters. The van der Waals surface area contributed by atoms with Gasteiger partial charge in [0.1, 0.15) is 10.8 Å². The Balaban J connectivity index is 1.51. The van der Waals surface area contributed by atoms with Gasteiger partial charge >= 0.3 is 0 Å². The smallest absolute Gasteiger partial charge is 0.192 e. The molecule has 4 rings (SSSR count). The van der Waals surface area contributed by atoms with Crippen LogP contribution in [0.25, 0.3) is 22.0 Å². The van der Waals surface area contributed by atoms with Gasteiger partial charge in [-0.2, -0.15) is 0 Å². The summed E-state index contributed by atoms with van der Waals surface area (Å²) in [6.45, 7) is 7.16. The van der Waals surface area contributed by atoms with Crippen LogP contribution in [-0.2, 0) is 12.3 Å². The fourth-order valence-electron chi connectivity index (χ4n) is 2.99. The maximum atomic E-state index is 5.53. The fraction of sp³-hybridized carbons (Fsp3) is 0.174. The SMILES string of the molecule is C=CCn1c(SCc2csc(-c3ccccc3)n2)nnc1-c1ccc(OCC)cc1. The van der Waals surface area contributed by atoms with Gasteiger partial charge in [0.05, 0.1) is 12.3 Å². The Morgan fingerprint density at radius 2 is 1.87 bits per heavy atom.